The molecule has 28 heavy (non-hydrogen) atoms. The fraction of sp³-hybridized carbons (Fsp3) is 0.478. The quantitative estimate of drug-likeness (QED) is 0.802. The van der Waals surface area contributed by atoms with Crippen LogP contribution in [0.1, 0.15) is 37.3 Å². The van der Waals surface area contributed by atoms with Crippen molar-refractivity contribution in [2.45, 2.75) is 43.9 Å². The van der Waals surface area contributed by atoms with Gasteiger partial charge in [0.2, 0.25) is 5.91 Å². The van der Waals surface area contributed by atoms with Crippen molar-refractivity contribution < 1.29 is 9.53 Å². The van der Waals surface area contributed by atoms with Crippen molar-refractivity contribution in [3.8, 4) is 5.75 Å². The van der Waals surface area contributed by atoms with E-state index in [-0.39, 0.29) is 12.1 Å². The highest BCUT2D eigenvalue weighted by atomic mass is 16.5. The first-order valence-electron chi connectivity index (χ1n) is 10.5. The Morgan fingerprint density at radius 1 is 0.964 bits per heavy atom. The maximum atomic E-state index is 12.3. The summed E-state index contributed by atoms with van der Waals surface area (Å²) in [4.78, 5) is 21.2. The molecule has 3 fully saturated rings. The number of para-hydroxylation sites is 1. The van der Waals surface area contributed by atoms with Gasteiger partial charge in [0, 0.05) is 44.0 Å². The third-order valence-corrected chi connectivity index (χ3v) is 6.35. The minimum atomic E-state index is 0.149. The average Bonchev–Trinajstić information content (AvgIpc) is 3.57. The Balaban J connectivity index is 1.27. The van der Waals surface area contributed by atoms with Crippen molar-refractivity contribution in [1.29, 1.82) is 0 Å². The third kappa shape index (κ3) is 3.51. The Morgan fingerprint density at radius 2 is 1.68 bits per heavy atom. The highest BCUT2D eigenvalue weighted by molar-refractivity contribution is 5.81. The topological polar surface area (TPSA) is 45.7 Å². The van der Waals surface area contributed by atoms with Gasteiger partial charge in [-0.25, -0.2) is 0 Å². The number of hydrogen-bond donors (Lipinski definition) is 0. The molecule has 1 aromatic carbocycles. The second kappa shape index (κ2) is 7.55. The number of aromatic nitrogens is 1. The minimum absolute atomic E-state index is 0.149. The van der Waals surface area contributed by atoms with Crippen LogP contribution in [0.5, 0.6) is 5.75 Å². The molecule has 2 saturated heterocycles. The molecule has 5 rings (SSSR count). The number of benzene rings is 1. The van der Waals surface area contributed by atoms with Gasteiger partial charge >= 0.3 is 0 Å². The van der Waals surface area contributed by atoms with Crippen molar-refractivity contribution in [3.05, 3.63) is 60.4 Å². The van der Waals surface area contributed by atoms with Crippen molar-refractivity contribution >= 4 is 5.91 Å². The SMILES string of the molecule is O=C(C1CC1)N1CCC(N2C[C@H](Oc3ccccc3)[C@@H]2c2ccncc2)CC1. The van der Waals surface area contributed by atoms with Gasteiger partial charge in [0.05, 0.1) is 6.04 Å². The highest BCUT2D eigenvalue weighted by Gasteiger charge is 2.46. The van der Waals surface area contributed by atoms with Crippen LogP contribution in [-0.2, 0) is 4.79 Å². The molecule has 3 aliphatic rings. The molecule has 1 amide bonds. The molecule has 5 nitrogen and oxygen atoms in total. The largest absolute Gasteiger partial charge is 0.487 e. The lowest BCUT2D eigenvalue weighted by Gasteiger charge is -2.53. The maximum Gasteiger partial charge on any atom is 0.225 e. The van der Waals surface area contributed by atoms with Gasteiger partial charge in [-0.1, -0.05) is 18.2 Å². The fourth-order valence-corrected chi connectivity index (χ4v) is 4.62. The molecule has 1 aromatic heterocycles. The minimum Gasteiger partial charge on any atom is -0.487 e. The smallest absolute Gasteiger partial charge is 0.225 e. The molecule has 2 aromatic rings. The van der Waals surface area contributed by atoms with Gasteiger partial charge in [0.1, 0.15) is 11.9 Å². The zero-order chi connectivity index (χ0) is 18.9. The van der Waals surface area contributed by atoms with Crippen molar-refractivity contribution in [1.82, 2.24) is 14.8 Å². The molecule has 2 aliphatic heterocycles. The summed E-state index contributed by atoms with van der Waals surface area (Å²) < 4.78 is 6.31. The summed E-state index contributed by atoms with van der Waals surface area (Å²) in [5.41, 5.74) is 1.26. The van der Waals surface area contributed by atoms with Crippen LogP contribution in [0, 0.1) is 5.92 Å². The number of carbonyl (C=O) groups excluding carboxylic acids is 1. The summed E-state index contributed by atoms with van der Waals surface area (Å²) in [6, 6.07) is 15.0. The molecule has 146 valence electrons. The van der Waals surface area contributed by atoms with Crippen molar-refractivity contribution in [2.24, 2.45) is 5.92 Å². The molecule has 0 unspecified atom stereocenters. The molecule has 0 radical (unpaired) electrons. The molecule has 5 heteroatoms. The van der Waals surface area contributed by atoms with Gasteiger partial charge in [-0.05, 0) is 55.5 Å². The lowest BCUT2D eigenvalue weighted by Crippen LogP contribution is -2.61. The van der Waals surface area contributed by atoms with Crippen LogP contribution in [0.25, 0.3) is 0 Å². The normalized spacial score (nSPS) is 25.9. The summed E-state index contributed by atoms with van der Waals surface area (Å²) in [7, 11) is 0. The van der Waals surface area contributed by atoms with E-state index >= 15 is 0 Å². The average molecular weight is 377 g/mol. The number of rotatable bonds is 5. The van der Waals surface area contributed by atoms with E-state index in [9.17, 15) is 4.79 Å². The molecule has 1 saturated carbocycles. The van der Waals surface area contributed by atoms with Gasteiger partial charge in [-0.2, -0.15) is 0 Å². The highest BCUT2D eigenvalue weighted by Crippen LogP contribution is 2.40. The van der Waals surface area contributed by atoms with Gasteiger partial charge < -0.3 is 9.64 Å². The number of piperidine rings is 1. The van der Waals surface area contributed by atoms with Crippen LogP contribution in [0.15, 0.2) is 54.9 Å². The van der Waals surface area contributed by atoms with Crippen molar-refractivity contribution in [2.75, 3.05) is 19.6 Å². The van der Waals surface area contributed by atoms with E-state index in [4.69, 9.17) is 4.74 Å². The predicted molar refractivity (Wildman–Crippen MR) is 107 cm³/mol. The van der Waals surface area contributed by atoms with E-state index < -0.39 is 0 Å². The zero-order valence-corrected chi connectivity index (χ0v) is 16.1. The molecular weight excluding hydrogens is 350 g/mol. The summed E-state index contributed by atoms with van der Waals surface area (Å²) in [5, 5.41) is 0. The van der Waals surface area contributed by atoms with Crippen LogP contribution < -0.4 is 4.74 Å². The van der Waals surface area contributed by atoms with Crippen LogP contribution in [-0.4, -0.2) is 52.5 Å². The molecule has 1 aliphatic carbocycles. The van der Waals surface area contributed by atoms with Gasteiger partial charge in [-0.3, -0.25) is 14.7 Å². The first-order chi connectivity index (χ1) is 13.8. The van der Waals surface area contributed by atoms with E-state index in [0.29, 0.717) is 17.9 Å². The predicted octanol–water partition coefficient (Wildman–Crippen LogP) is 3.29. The summed E-state index contributed by atoms with van der Waals surface area (Å²) in [6.07, 6.45) is 8.16. The third-order valence-electron chi connectivity index (χ3n) is 6.35. The van der Waals surface area contributed by atoms with Crippen LogP contribution in [0.4, 0.5) is 0 Å². The molecule has 2 atom stereocenters. The monoisotopic (exact) mass is 377 g/mol. The number of nitrogens with zero attached hydrogens (tertiary/aromatic N) is 3. The Labute approximate surface area is 166 Å². The van der Waals surface area contributed by atoms with E-state index in [1.807, 2.05) is 42.7 Å². The number of amides is 1. The summed E-state index contributed by atoms with van der Waals surface area (Å²) in [5.74, 6) is 1.64. The fourth-order valence-electron chi connectivity index (χ4n) is 4.62. The first kappa shape index (κ1) is 17.7. The maximum absolute atomic E-state index is 12.3. The van der Waals surface area contributed by atoms with Gasteiger partial charge in [0.25, 0.3) is 0 Å². The molecule has 0 bridgehead atoms. The van der Waals surface area contributed by atoms with E-state index in [0.717, 1.165) is 51.1 Å². The second-order valence-electron chi connectivity index (χ2n) is 8.22. The van der Waals surface area contributed by atoms with Gasteiger partial charge in [0.15, 0.2) is 0 Å². The van der Waals surface area contributed by atoms with Crippen molar-refractivity contribution in [3.63, 3.8) is 0 Å². The summed E-state index contributed by atoms with van der Waals surface area (Å²) in [6.45, 7) is 2.72. The van der Waals surface area contributed by atoms with Crippen LogP contribution in [0.2, 0.25) is 0 Å². The Bertz CT molecular complexity index is 801. The number of carbonyl (C=O) groups is 1. The van der Waals surface area contributed by atoms with Crippen LogP contribution in [0.3, 0.4) is 0 Å². The molecule has 3 heterocycles. The second-order valence-corrected chi connectivity index (χ2v) is 8.22. The number of hydrogen-bond acceptors (Lipinski definition) is 4. The van der Waals surface area contributed by atoms with E-state index in [1.54, 1.807) is 0 Å². The lowest BCUT2D eigenvalue weighted by molar-refractivity contribution is -0.136. The lowest BCUT2D eigenvalue weighted by atomic mass is 9.87. The first-order valence-corrected chi connectivity index (χ1v) is 10.5. The number of pyridine rings is 1. The Hall–Kier alpha value is -2.40. The molecule has 0 spiro atoms. The van der Waals surface area contributed by atoms with E-state index in [2.05, 4.69) is 26.9 Å². The number of likely N-dealkylation sites (tertiary alicyclic amines) is 2. The standard InChI is InChI=1S/C23H27N3O2/c27-23(18-6-7-18)25-14-10-19(11-15-25)26-16-21(28-20-4-2-1-3-5-20)22(26)17-8-12-24-13-9-17/h1-5,8-9,12-13,18-19,21-22H,6-7,10-11,14-16H2/t21-,22-/m0/s1. The Morgan fingerprint density at radius 3 is 2.36 bits per heavy atom. The molecule has 0 N–H and O–H groups in total. The molecular formula is C23H27N3O2. The van der Waals surface area contributed by atoms with E-state index in [1.165, 1.54) is 5.56 Å². The summed E-state index contributed by atoms with van der Waals surface area (Å²) >= 11 is 0. The Kier molecular flexibility index (Phi) is 4.77. The zero-order valence-electron chi connectivity index (χ0n) is 16.1. The van der Waals surface area contributed by atoms with Crippen LogP contribution >= 0.6 is 0 Å². The number of ether oxygens (including phenoxy) is 1. The van der Waals surface area contributed by atoms with Gasteiger partial charge in [-0.15, -0.1) is 0 Å².